The lowest BCUT2D eigenvalue weighted by molar-refractivity contribution is 1.02. The van der Waals surface area contributed by atoms with Crippen LogP contribution >= 0.6 is 11.3 Å². The molecule has 0 aliphatic heterocycles. The lowest BCUT2D eigenvalue weighted by atomic mass is 9.98. The first-order valence-electron chi connectivity index (χ1n) is 20.6. The Labute approximate surface area is 354 Å². The van der Waals surface area contributed by atoms with Crippen LogP contribution in [0.3, 0.4) is 0 Å². The van der Waals surface area contributed by atoms with Crippen LogP contribution in [-0.2, 0) is 0 Å². The van der Waals surface area contributed by atoms with E-state index >= 15 is 0 Å². The third kappa shape index (κ3) is 5.31. The Balaban J connectivity index is 1.06. The summed E-state index contributed by atoms with van der Waals surface area (Å²) in [5.41, 5.74) is 12.2. The summed E-state index contributed by atoms with van der Waals surface area (Å²) >= 11 is 1.75. The van der Waals surface area contributed by atoms with Crippen molar-refractivity contribution in [3.05, 3.63) is 206 Å². The minimum atomic E-state index is 0.661. The lowest BCUT2D eigenvalue weighted by Gasteiger charge is -2.10. The zero-order valence-electron chi connectivity index (χ0n) is 32.8. The van der Waals surface area contributed by atoms with Gasteiger partial charge in [-0.3, -0.25) is 4.57 Å². The second kappa shape index (κ2) is 13.3. The van der Waals surface area contributed by atoms with Crippen LogP contribution < -0.4 is 0 Å². The van der Waals surface area contributed by atoms with Gasteiger partial charge in [0.05, 0.1) is 38.0 Å². The number of hydrogen-bond donors (Lipinski definition) is 0. The molecule has 5 heteroatoms. The lowest BCUT2D eigenvalue weighted by Crippen LogP contribution is -2.02. The fourth-order valence-electron chi connectivity index (χ4n) is 9.48. The molecule has 284 valence electrons. The number of aromatic nitrogens is 4. The van der Waals surface area contributed by atoms with Gasteiger partial charge in [0, 0.05) is 37.7 Å². The molecule has 0 saturated heterocycles. The van der Waals surface area contributed by atoms with Crippen molar-refractivity contribution >= 4 is 86.7 Å². The summed E-state index contributed by atoms with van der Waals surface area (Å²) in [5, 5.41) is 9.73. The van der Waals surface area contributed by atoms with Crippen molar-refractivity contribution in [1.29, 1.82) is 0 Å². The van der Waals surface area contributed by atoms with Gasteiger partial charge in [0.1, 0.15) is 0 Å². The van der Waals surface area contributed by atoms with Gasteiger partial charge in [-0.25, -0.2) is 9.97 Å². The van der Waals surface area contributed by atoms with E-state index < -0.39 is 0 Å². The van der Waals surface area contributed by atoms with Crippen molar-refractivity contribution in [3.8, 4) is 44.5 Å². The van der Waals surface area contributed by atoms with Gasteiger partial charge in [0.25, 0.3) is 0 Å². The molecule has 61 heavy (non-hydrogen) atoms. The van der Waals surface area contributed by atoms with E-state index in [1.165, 1.54) is 70.1 Å². The minimum absolute atomic E-state index is 0.661. The maximum atomic E-state index is 5.45. The molecular weight excluding hydrogens is 761 g/mol. The molecule has 13 aromatic rings. The molecule has 0 atom stereocenters. The average molecular weight is 795 g/mol. The zero-order chi connectivity index (χ0) is 40.0. The summed E-state index contributed by atoms with van der Waals surface area (Å²) in [4.78, 5) is 12.0. The van der Waals surface area contributed by atoms with Gasteiger partial charge in [-0.2, -0.15) is 0 Å². The Bertz CT molecular complexity index is 3860. The molecule has 0 unspecified atom stereocenters. The Morgan fingerprint density at radius 1 is 0.361 bits per heavy atom. The van der Waals surface area contributed by atoms with Crippen molar-refractivity contribution in [1.82, 2.24) is 19.1 Å². The summed E-state index contributed by atoms with van der Waals surface area (Å²) in [6.07, 6.45) is 0. The topological polar surface area (TPSA) is 35.6 Å². The van der Waals surface area contributed by atoms with Crippen molar-refractivity contribution in [2.75, 3.05) is 0 Å². The normalized spacial score (nSPS) is 11.9. The molecule has 0 amide bonds. The molecule has 0 saturated carbocycles. The van der Waals surface area contributed by atoms with Crippen LogP contribution in [-0.4, -0.2) is 19.1 Å². The van der Waals surface area contributed by atoms with Crippen molar-refractivity contribution in [2.45, 2.75) is 0 Å². The van der Waals surface area contributed by atoms with Crippen molar-refractivity contribution in [3.63, 3.8) is 0 Å². The highest BCUT2D eigenvalue weighted by Crippen LogP contribution is 2.43. The van der Waals surface area contributed by atoms with Gasteiger partial charge in [0.15, 0.2) is 0 Å². The first kappa shape index (κ1) is 34.0. The number of hydrogen-bond acceptors (Lipinski definition) is 3. The molecule has 13 rings (SSSR count). The van der Waals surface area contributed by atoms with E-state index in [4.69, 9.17) is 9.97 Å². The van der Waals surface area contributed by atoms with Crippen LogP contribution in [0.15, 0.2) is 206 Å². The largest absolute Gasteiger partial charge is 0.309 e. The van der Waals surface area contributed by atoms with Crippen LogP contribution in [0.4, 0.5) is 0 Å². The van der Waals surface area contributed by atoms with E-state index in [1.54, 1.807) is 11.3 Å². The van der Waals surface area contributed by atoms with Gasteiger partial charge < -0.3 is 4.57 Å². The third-order valence-electron chi connectivity index (χ3n) is 12.3. The van der Waals surface area contributed by atoms with Crippen LogP contribution in [0.25, 0.3) is 120 Å². The molecular formula is C56H34N4S. The first-order chi connectivity index (χ1) is 30.2. The predicted octanol–water partition coefficient (Wildman–Crippen LogP) is 15.2. The number of rotatable bonds is 5. The summed E-state index contributed by atoms with van der Waals surface area (Å²) in [5.74, 6) is 0.661. The van der Waals surface area contributed by atoms with E-state index in [1.807, 2.05) is 0 Å². The molecule has 0 bridgehead atoms. The third-order valence-corrected chi connectivity index (χ3v) is 13.5. The molecule has 4 nitrogen and oxygen atoms in total. The summed E-state index contributed by atoms with van der Waals surface area (Å²) < 4.78 is 5.76. The van der Waals surface area contributed by atoms with Gasteiger partial charge in [-0.05, 0) is 98.9 Å². The summed E-state index contributed by atoms with van der Waals surface area (Å²) in [6.45, 7) is 0. The number of fused-ring (bicyclic) bond motifs is 10. The Hall–Kier alpha value is -7.86. The number of nitrogens with zero attached hydrogens (tertiary/aromatic N) is 4. The van der Waals surface area contributed by atoms with Crippen LogP contribution in [0.2, 0.25) is 0 Å². The highest BCUT2D eigenvalue weighted by atomic mass is 32.1. The van der Waals surface area contributed by atoms with Gasteiger partial charge >= 0.3 is 0 Å². The zero-order valence-corrected chi connectivity index (χ0v) is 33.6. The molecule has 0 N–H and O–H groups in total. The van der Waals surface area contributed by atoms with Crippen LogP contribution in [0.1, 0.15) is 0 Å². The molecule has 4 heterocycles. The van der Waals surface area contributed by atoms with Crippen LogP contribution in [0.5, 0.6) is 0 Å². The van der Waals surface area contributed by atoms with E-state index in [-0.39, 0.29) is 0 Å². The Morgan fingerprint density at radius 3 is 1.70 bits per heavy atom. The first-order valence-corrected chi connectivity index (χ1v) is 21.5. The fourth-order valence-corrected chi connectivity index (χ4v) is 10.6. The van der Waals surface area contributed by atoms with E-state index in [9.17, 15) is 0 Å². The Kier molecular flexibility index (Phi) is 7.44. The molecule has 0 aliphatic rings. The van der Waals surface area contributed by atoms with Gasteiger partial charge in [-0.15, -0.1) is 11.3 Å². The molecule has 0 radical (unpaired) electrons. The number of para-hydroxylation sites is 1. The second-order valence-electron chi connectivity index (χ2n) is 15.8. The van der Waals surface area contributed by atoms with Gasteiger partial charge in [0.2, 0.25) is 5.95 Å². The molecule has 0 spiro atoms. The predicted molar refractivity (Wildman–Crippen MR) is 257 cm³/mol. The Morgan fingerprint density at radius 2 is 0.951 bits per heavy atom. The quantitative estimate of drug-likeness (QED) is 0.174. The smallest absolute Gasteiger partial charge is 0.235 e. The van der Waals surface area contributed by atoms with E-state index in [0.717, 1.165) is 43.8 Å². The highest BCUT2D eigenvalue weighted by molar-refractivity contribution is 7.22. The summed E-state index contributed by atoms with van der Waals surface area (Å²) in [6, 6.07) is 74.4. The van der Waals surface area contributed by atoms with E-state index in [2.05, 4.69) is 215 Å². The van der Waals surface area contributed by atoms with Crippen LogP contribution in [0, 0.1) is 0 Å². The summed E-state index contributed by atoms with van der Waals surface area (Å²) in [7, 11) is 0. The van der Waals surface area contributed by atoms with Crippen molar-refractivity contribution < 1.29 is 0 Å². The monoisotopic (exact) mass is 794 g/mol. The minimum Gasteiger partial charge on any atom is -0.309 e. The van der Waals surface area contributed by atoms with E-state index in [0.29, 0.717) is 5.95 Å². The maximum Gasteiger partial charge on any atom is 0.235 e. The standard InChI is InChI=1S/C56H34N4S/c1-4-15-36(16-5-1)52-34-47-55(61-52)54(37-17-6-2-7-18-37)58-56(57-47)60-49-28-26-41(32-46(49)53-43-23-13-12-14-35(43)24-29-50(53)60)40-25-27-48-44(31-40)45-30-38-19-10-11-20-39(38)33-51(45)59(48)42-21-8-3-9-22-42/h1-34H. The fraction of sp³-hybridized carbons (Fsp3) is 0. The van der Waals surface area contributed by atoms with Gasteiger partial charge in [-0.1, -0.05) is 146 Å². The number of thiophene rings is 1. The average Bonchev–Trinajstić information content (AvgIpc) is 4.01. The molecule has 9 aromatic carbocycles. The SMILES string of the molecule is c1ccc(-c2cc3nc(-n4c5ccc(-c6ccc7c(c6)c6cc8ccccc8cc6n7-c6ccccc6)cc5c5c6ccccc6ccc54)nc(-c4ccccc4)c3s2)cc1. The van der Waals surface area contributed by atoms with Crippen molar-refractivity contribution in [2.24, 2.45) is 0 Å². The molecule has 0 fully saturated rings. The molecule has 0 aliphatic carbocycles. The highest BCUT2D eigenvalue weighted by Gasteiger charge is 2.22. The number of benzene rings is 9. The maximum absolute atomic E-state index is 5.45. The molecule has 4 aromatic heterocycles. The second-order valence-corrected chi connectivity index (χ2v) is 16.8.